The zero-order valence-corrected chi connectivity index (χ0v) is 14.1. The van der Waals surface area contributed by atoms with Crippen molar-refractivity contribution in [3.8, 4) is 11.3 Å². The van der Waals surface area contributed by atoms with E-state index in [1.807, 2.05) is 0 Å². The molecule has 1 saturated heterocycles. The lowest BCUT2D eigenvalue weighted by molar-refractivity contribution is -0.0346. The molecule has 134 valence electrons. The fourth-order valence-electron chi connectivity index (χ4n) is 3.04. The number of nitrogen functional groups attached to an aromatic ring is 1. The van der Waals surface area contributed by atoms with Gasteiger partial charge in [-0.25, -0.2) is 4.39 Å². The number of nitrogens with two attached hydrogens (primary N) is 1. The van der Waals surface area contributed by atoms with Crippen molar-refractivity contribution in [1.29, 1.82) is 0 Å². The first-order valence-corrected chi connectivity index (χ1v) is 7.87. The zero-order valence-electron chi connectivity index (χ0n) is 12.5. The number of anilines is 1. The lowest BCUT2D eigenvalue weighted by atomic mass is 9.89. The standard InChI is InChI=1S/C14H13Cl2FN4O4/c15-2-1-14(16)6(4-22)8(5-23)25-12(14)21-3-7(17)9-10(21)19-13(18)20-11(9)24/h3,6,8,12,22-23H,4-5H2,(H3,18,19,20,24)/t6?,8-,12-,14?/m1/s1. The van der Waals surface area contributed by atoms with Gasteiger partial charge < -0.3 is 20.7 Å². The fraction of sp³-hybridized carbons (Fsp3) is 0.429. The largest absolute Gasteiger partial charge is 0.396 e. The topological polar surface area (TPSA) is 126 Å². The summed E-state index contributed by atoms with van der Waals surface area (Å²) in [4.78, 5) is 16.5. The lowest BCUT2D eigenvalue weighted by Gasteiger charge is -2.27. The zero-order chi connectivity index (χ0) is 18.4. The maximum atomic E-state index is 14.3. The molecule has 0 radical (unpaired) electrons. The average Bonchev–Trinajstić information content (AvgIpc) is 3.01. The van der Waals surface area contributed by atoms with E-state index in [1.54, 1.807) is 0 Å². The van der Waals surface area contributed by atoms with Crippen molar-refractivity contribution in [2.75, 3.05) is 18.9 Å². The van der Waals surface area contributed by atoms with E-state index < -0.39 is 47.7 Å². The molecule has 3 rings (SSSR count). The van der Waals surface area contributed by atoms with Gasteiger partial charge in [0, 0.05) is 17.5 Å². The summed E-state index contributed by atoms with van der Waals surface area (Å²) in [6.45, 7) is -0.924. The lowest BCUT2D eigenvalue weighted by Crippen LogP contribution is -2.38. The monoisotopic (exact) mass is 390 g/mol. The van der Waals surface area contributed by atoms with Gasteiger partial charge in [0.25, 0.3) is 5.56 Å². The molecule has 8 nitrogen and oxygen atoms in total. The van der Waals surface area contributed by atoms with Crippen LogP contribution >= 0.6 is 23.2 Å². The molecule has 25 heavy (non-hydrogen) atoms. The number of hydrogen-bond acceptors (Lipinski definition) is 6. The second-order valence-corrected chi connectivity index (χ2v) is 6.33. The maximum absolute atomic E-state index is 14.3. The summed E-state index contributed by atoms with van der Waals surface area (Å²) >= 11 is 12.0. The highest BCUT2D eigenvalue weighted by atomic mass is 35.5. The molecule has 1 aliphatic rings. The number of halogens is 3. The molecule has 0 aromatic carbocycles. The molecule has 0 spiro atoms. The van der Waals surface area contributed by atoms with Crippen molar-refractivity contribution in [2.45, 2.75) is 17.2 Å². The molecule has 1 fully saturated rings. The Kier molecular flexibility index (Phi) is 4.66. The van der Waals surface area contributed by atoms with E-state index in [2.05, 4.69) is 21.3 Å². The second kappa shape index (κ2) is 6.48. The number of ether oxygens (including phenoxy) is 1. The molecule has 2 aromatic rings. The Balaban J connectivity index is 2.25. The van der Waals surface area contributed by atoms with Crippen LogP contribution in [0.25, 0.3) is 11.0 Å². The molecule has 4 atom stereocenters. The predicted molar refractivity (Wildman–Crippen MR) is 88.5 cm³/mol. The number of aromatic amines is 1. The smallest absolute Gasteiger partial charge is 0.264 e. The quantitative estimate of drug-likeness (QED) is 0.435. The summed E-state index contributed by atoms with van der Waals surface area (Å²) < 4.78 is 21.1. The van der Waals surface area contributed by atoms with Crippen LogP contribution in [-0.4, -0.2) is 48.9 Å². The highest BCUT2D eigenvalue weighted by Gasteiger charge is 2.56. The number of rotatable bonds is 3. The number of alkyl halides is 1. The van der Waals surface area contributed by atoms with E-state index >= 15 is 0 Å². The average molecular weight is 391 g/mol. The summed E-state index contributed by atoms with van der Waals surface area (Å²) in [6, 6.07) is 0. The Morgan fingerprint density at radius 3 is 2.84 bits per heavy atom. The highest BCUT2D eigenvalue weighted by molar-refractivity contribution is 6.32. The SMILES string of the molecule is Nc1nc2c(c(F)cn2[C@@H]2O[C@H](CO)C(CO)C2(Cl)C#CCl)c(=O)[nH]1. The van der Waals surface area contributed by atoms with Crippen LogP contribution < -0.4 is 11.3 Å². The summed E-state index contributed by atoms with van der Waals surface area (Å²) in [5.41, 5.74) is 4.65. The van der Waals surface area contributed by atoms with E-state index in [0.29, 0.717) is 0 Å². The van der Waals surface area contributed by atoms with Crippen molar-refractivity contribution in [3.63, 3.8) is 0 Å². The van der Waals surface area contributed by atoms with Gasteiger partial charge in [-0.05, 0) is 11.6 Å². The molecular formula is C14H13Cl2FN4O4. The molecule has 0 amide bonds. The van der Waals surface area contributed by atoms with Gasteiger partial charge in [0.15, 0.2) is 22.6 Å². The van der Waals surface area contributed by atoms with Crippen molar-refractivity contribution in [2.24, 2.45) is 5.92 Å². The Morgan fingerprint density at radius 1 is 1.52 bits per heavy atom. The number of hydrogen-bond donors (Lipinski definition) is 4. The molecular weight excluding hydrogens is 378 g/mol. The highest BCUT2D eigenvalue weighted by Crippen LogP contribution is 2.48. The summed E-state index contributed by atoms with van der Waals surface area (Å²) in [6.07, 6.45) is -1.10. The normalized spacial score (nSPS) is 28.9. The van der Waals surface area contributed by atoms with Crippen molar-refractivity contribution < 1.29 is 19.3 Å². The van der Waals surface area contributed by atoms with Gasteiger partial charge in [-0.1, -0.05) is 17.5 Å². The Bertz CT molecular complexity index is 937. The third kappa shape index (κ3) is 2.67. The summed E-state index contributed by atoms with van der Waals surface area (Å²) in [7, 11) is 0. The number of nitrogens with one attached hydrogen (secondary N) is 1. The molecule has 1 aliphatic heterocycles. The van der Waals surface area contributed by atoms with Crippen LogP contribution in [0.4, 0.5) is 10.3 Å². The fourth-order valence-corrected chi connectivity index (χ4v) is 3.65. The Labute approximate surface area is 150 Å². The first kappa shape index (κ1) is 18.0. The second-order valence-electron chi connectivity index (χ2n) is 5.52. The molecule has 0 bridgehead atoms. The number of aromatic nitrogens is 3. The van der Waals surface area contributed by atoms with E-state index in [-0.39, 0.29) is 17.0 Å². The Morgan fingerprint density at radius 2 is 2.24 bits per heavy atom. The van der Waals surface area contributed by atoms with Crippen molar-refractivity contribution >= 4 is 40.2 Å². The van der Waals surface area contributed by atoms with Crippen LogP contribution in [0.1, 0.15) is 6.23 Å². The van der Waals surface area contributed by atoms with E-state index in [1.165, 1.54) is 0 Å². The van der Waals surface area contributed by atoms with Crippen molar-refractivity contribution in [1.82, 2.24) is 14.5 Å². The van der Waals surface area contributed by atoms with Gasteiger partial charge in [0.2, 0.25) is 5.95 Å². The number of nitrogens with zero attached hydrogens (tertiary/aromatic N) is 2. The van der Waals surface area contributed by atoms with Gasteiger partial charge in [0.1, 0.15) is 5.39 Å². The number of aliphatic hydroxyl groups excluding tert-OH is 2. The molecule has 0 aliphatic carbocycles. The third-order valence-electron chi connectivity index (χ3n) is 4.17. The molecule has 5 N–H and O–H groups in total. The van der Waals surface area contributed by atoms with Crippen molar-refractivity contribution in [3.05, 3.63) is 22.4 Å². The number of H-pyrrole nitrogens is 1. The molecule has 0 saturated carbocycles. The molecule has 11 heteroatoms. The Hall–Kier alpha value is -1.83. The molecule has 2 unspecified atom stereocenters. The minimum atomic E-state index is -1.60. The van der Waals surface area contributed by atoms with Crippen LogP contribution in [0.3, 0.4) is 0 Å². The summed E-state index contributed by atoms with van der Waals surface area (Å²) in [5, 5.41) is 20.9. The van der Waals surface area contributed by atoms with E-state index in [0.717, 1.165) is 10.8 Å². The van der Waals surface area contributed by atoms with Gasteiger partial charge in [-0.3, -0.25) is 14.3 Å². The van der Waals surface area contributed by atoms with E-state index in [4.69, 9.17) is 33.7 Å². The first-order valence-electron chi connectivity index (χ1n) is 7.12. The van der Waals surface area contributed by atoms with Crippen LogP contribution in [0, 0.1) is 23.0 Å². The minimum absolute atomic E-state index is 0.111. The van der Waals surface area contributed by atoms with Gasteiger partial charge >= 0.3 is 0 Å². The molecule has 2 aromatic heterocycles. The number of fused-ring (bicyclic) bond motifs is 1. The van der Waals surface area contributed by atoms with Crippen LogP contribution in [-0.2, 0) is 4.74 Å². The molecule has 3 heterocycles. The van der Waals surface area contributed by atoms with E-state index in [9.17, 15) is 19.4 Å². The van der Waals surface area contributed by atoms with Crippen LogP contribution in [0.2, 0.25) is 0 Å². The minimum Gasteiger partial charge on any atom is -0.396 e. The maximum Gasteiger partial charge on any atom is 0.264 e. The van der Waals surface area contributed by atoms with Gasteiger partial charge in [-0.2, -0.15) is 4.98 Å². The van der Waals surface area contributed by atoms with Crippen LogP contribution in [0.5, 0.6) is 0 Å². The first-order chi connectivity index (χ1) is 11.9. The van der Waals surface area contributed by atoms with Gasteiger partial charge in [-0.15, -0.1) is 0 Å². The third-order valence-corrected chi connectivity index (χ3v) is 4.83. The summed E-state index contributed by atoms with van der Waals surface area (Å²) in [5.74, 6) is 0.622. The predicted octanol–water partition coefficient (Wildman–Crippen LogP) is 0.121. The number of aliphatic hydroxyl groups is 2. The van der Waals surface area contributed by atoms with Gasteiger partial charge in [0.05, 0.1) is 19.3 Å². The van der Waals surface area contributed by atoms with Crippen LogP contribution in [0.15, 0.2) is 11.0 Å².